The van der Waals surface area contributed by atoms with Gasteiger partial charge >= 0.3 is 0 Å². The topological polar surface area (TPSA) is 38.3 Å². The highest BCUT2D eigenvalue weighted by Crippen LogP contribution is 1.87. The second-order valence-electron chi connectivity index (χ2n) is 3.25. The zero-order valence-corrected chi connectivity index (χ0v) is 8.22. The molecule has 12 heavy (non-hydrogen) atoms. The SMILES string of the molecule is CCCOCC(=O)NCC(C)C. The van der Waals surface area contributed by atoms with Crippen LogP contribution in [0.25, 0.3) is 0 Å². The summed E-state index contributed by atoms with van der Waals surface area (Å²) in [5, 5.41) is 2.78. The van der Waals surface area contributed by atoms with Crippen LogP contribution < -0.4 is 5.32 Å². The van der Waals surface area contributed by atoms with Crippen LogP contribution in [0.15, 0.2) is 0 Å². The van der Waals surface area contributed by atoms with Gasteiger partial charge in [-0.2, -0.15) is 0 Å². The molecule has 0 rings (SSSR count). The molecule has 0 radical (unpaired) electrons. The van der Waals surface area contributed by atoms with Crippen molar-refractivity contribution in [2.45, 2.75) is 27.2 Å². The van der Waals surface area contributed by atoms with E-state index in [0.29, 0.717) is 12.5 Å². The van der Waals surface area contributed by atoms with Crippen molar-refractivity contribution < 1.29 is 9.53 Å². The quantitative estimate of drug-likeness (QED) is 0.613. The molecule has 0 aromatic carbocycles. The Morgan fingerprint density at radius 2 is 2.17 bits per heavy atom. The zero-order valence-electron chi connectivity index (χ0n) is 8.22. The molecule has 0 aromatic heterocycles. The Bertz CT molecular complexity index is 124. The van der Waals surface area contributed by atoms with Gasteiger partial charge in [-0.25, -0.2) is 0 Å². The van der Waals surface area contributed by atoms with Crippen molar-refractivity contribution in [3.8, 4) is 0 Å². The molecular weight excluding hydrogens is 154 g/mol. The summed E-state index contributed by atoms with van der Waals surface area (Å²) in [6, 6.07) is 0. The summed E-state index contributed by atoms with van der Waals surface area (Å²) < 4.78 is 5.06. The van der Waals surface area contributed by atoms with Gasteiger partial charge in [-0.3, -0.25) is 4.79 Å². The number of carbonyl (C=O) groups is 1. The van der Waals surface area contributed by atoms with Crippen molar-refractivity contribution in [3.63, 3.8) is 0 Å². The fourth-order valence-electron chi connectivity index (χ4n) is 0.678. The molecule has 0 atom stereocenters. The van der Waals surface area contributed by atoms with E-state index in [9.17, 15) is 4.79 Å². The minimum absolute atomic E-state index is 0.0165. The fourth-order valence-corrected chi connectivity index (χ4v) is 0.678. The van der Waals surface area contributed by atoms with E-state index < -0.39 is 0 Å². The average molecular weight is 173 g/mol. The highest BCUT2D eigenvalue weighted by molar-refractivity contribution is 5.77. The molecular formula is C9H19NO2. The molecule has 3 nitrogen and oxygen atoms in total. The number of ether oxygens (including phenoxy) is 1. The standard InChI is InChI=1S/C9H19NO2/c1-4-5-12-7-9(11)10-6-8(2)3/h8H,4-7H2,1-3H3,(H,10,11). The first-order valence-electron chi connectivity index (χ1n) is 4.51. The van der Waals surface area contributed by atoms with Crippen LogP contribution in [0, 0.1) is 5.92 Å². The third-order valence-corrected chi connectivity index (χ3v) is 1.29. The predicted octanol–water partition coefficient (Wildman–Crippen LogP) is 1.19. The Morgan fingerprint density at radius 1 is 1.50 bits per heavy atom. The highest BCUT2D eigenvalue weighted by atomic mass is 16.5. The van der Waals surface area contributed by atoms with Gasteiger partial charge in [0, 0.05) is 13.2 Å². The first kappa shape index (κ1) is 11.4. The number of hydrogen-bond donors (Lipinski definition) is 1. The number of nitrogens with one attached hydrogen (secondary N) is 1. The molecule has 0 fully saturated rings. The Balaban J connectivity index is 3.22. The fraction of sp³-hybridized carbons (Fsp3) is 0.889. The molecule has 0 aliphatic rings. The summed E-state index contributed by atoms with van der Waals surface area (Å²) in [6.07, 6.45) is 0.956. The van der Waals surface area contributed by atoms with Crippen LogP contribution in [0.2, 0.25) is 0 Å². The Labute approximate surface area is 74.5 Å². The Morgan fingerprint density at radius 3 is 2.67 bits per heavy atom. The van der Waals surface area contributed by atoms with Crippen molar-refractivity contribution in [2.75, 3.05) is 19.8 Å². The van der Waals surface area contributed by atoms with Crippen LogP contribution in [-0.2, 0) is 9.53 Å². The van der Waals surface area contributed by atoms with Crippen molar-refractivity contribution in [2.24, 2.45) is 5.92 Å². The second kappa shape index (κ2) is 7.10. The van der Waals surface area contributed by atoms with Gasteiger partial charge in [0.15, 0.2) is 0 Å². The third-order valence-electron chi connectivity index (χ3n) is 1.29. The number of hydrogen-bond acceptors (Lipinski definition) is 2. The van der Waals surface area contributed by atoms with Gasteiger partial charge in [-0.15, -0.1) is 0 Å². The molecule has 0 saturated carbocycles. The Kier molecular flexibility index (Phi) is 6.76. The van der Waals surface area contributed by atoms with Crippen LogP contribution in [-0.4, -0.2) is 25.7 Å². The molecule has 0 aliphatic heterocycles. The van der Waals surface area contributed by atoms with E-state index >= 15 is 0 Å². The minimum atomic E-state index is -0.0165. The lowest BCUT2D eigenvalue weighted by Gasteiger charge is -2.07. The van der Waals surface area contributed by atoms with Crippen LogP contribution >= 0.6 is 0 Å². The van der Waals surface area contributed by atoms with Crippen LogP contribution in [0.3, 0.4) is 0 Å². The lowest BCUT2D eigenvalue weighted by molar-refractivity contribution is -0.125. The molecule has 1 N–H and O–H groups in total. The van der Waals surface area contributed by atoms with E-state index in [-0.39, 0.29) is 12.5 Å². The summed E-state index contributed by atoms with van der Waals surface area (Å²) in [6.45, 7) is 7.73. The van der Waals surface area contributed by atoms with Crippen LogP contribution in [0.1, 0.15) is 27.2 Å². The molecule has 0 heterocycles. The number of carbonyl (C=O) groups excluding carboxylic acids is 1. The van der Waals surface area contributed by atoms with Gasteiger partial charge in [0.05, 0.1) is 0 Å². The molecule has 0 aliphatic carbocycles. The van der Waals surface area contributed by atoms with Crippen molar-refractivity contribution in [1.82, 2.24) is 5.32 Å². The van der Waals surface area contributed by atoms with E-state index in [1.165, 1.54) is 0 Å². The van der Waals surface area contributed by atoms with E-state index in [2.05, 4.69) is 19.2 Å². The summed E-state index contributed by atoms with van der Waals surface area (Å²) in [4.78, 5) is 11.0. The predicted molar refractivity (Wildman–Crippen MR) is 49.0 cm³/mol. The van der Waals surface area contributed by atoms with Gasteiger partial charge in [0.1, 0.15) is 6.61 Å². The number of amides is 1. The van der Waals surface area contributed by atoms with Crippen molar-refractivity contribution >= 4 is 5.91 Å². The molecule has 1 amide bonds. The normalized spacial score (nSPS) is 10.3. The van der Waals surface area contributed by atoms with Gasteiger partial charge in [-0.1, -0.05) is 20.8 Å². The lowest BCUT2D eigenvalue weighted by Crippen LogP contribution is -2.30. The maximum Gasteiger partial charge on any atom is 0.246 e. The van der Waals surface area contributed by atoms with Gasteiger partial charge in [0.2, 0.25) is 5.91 Å². The summed E-state index contributed by atoms with van der Waals surface area (Å²) in [5.41, 5.74) is 0. The van der Waals surface area contributed by atoms with Crippen LogP contribution in [0.4, 0.5) is 0 Å². The molecule has 0 aromatic rings. The van der Waals surface area contributed by atoms with Crippen molar-refractivity contribution in [3.05, 3.63) is 0 Å². The zero-order chi connectivity index (χ0) is 9.40. The van der Waals surface area contributed by atoms with Gasteiger partial charge in [-0.05, 0) is 12.3 Å². The average Bonchev–Trinajstić information content (AvgIpc) is 2.01. The first-order valence-corrected chi connectivity index (χ1v) is 4.51. The molecule has 3 heteroatoms. The first-order chi connectivity index (χ1) is 5.66. The smallest absolute Gasteiger partial charge is 0.246 e. The summed E-state index contributed by atoms with van der Waals surface area (Å²) in [5.74, 6) is 0.484. The van der Waals surface area contributed by atoms with E-state index in [1.807, 2.05) is 6.92 Å². The maximum absolute atomic E-state index is 11.0. The third kappa shape index (κ3) is 7.54. The van der Waals surface area contributed by atoms with Crippen LogP contribution in [0.5, 0.6) is 0 Å². The Hall–Kier alpha value is -0.570. The van der Waals surface area contributed by atoms with Gasteiger partial charge in [0.25, 0.3) is 0 Å². The van der Waals surface area contributed by atoms with Crippen molar-refractivity contribution in [1.29, 1.82) is 0 Å². The highest BCUT2D eigenvalue weighted by Gasteiger charge is 2.00. The monoisotopic (exact) mass is 173 g/mol. The minimum Gasteiger partial charge on any atom is -0.372 e. The molecule has 72 valence electrons. The summed E-state index contributed by atoms with van der Waals surface area (Å²) >= 11 is 0. The number of rotatable bonds is 6. The van der Waals surface area contributed by atoms with E-state index in [4.69, 9.17) is 4.74 Å². The van der Waals surface area contributed by atoms with E-state index in [1.54, 1.807) is 0 Å². The second-order valence-corrected chi connectivity index (χ2v) is 3.25. The van der Waals surface area contributed by atoms with Gasteiger partial charge < -0.3 is 10.1 Å². The van der Waals surface area contributed by atoms with E-state index in [0.717, 1.165) is 13.0 Å². The largest absolute Gasteiger partial charge is 0.372 e. The maximum atomic E-state index is 11.0. The molecule has 0 saturated heterocycles. The summed E-state index contributed by atoms with van der Waals surface area (Å²) in [7, 11) is 0. The lowest BCUT2D eigenvalue weighted by atomic mass is 10.2. The molecule has 0 bridgehead atoms. The molecule has 0 unspecified atom stereocenters. The molecule has 0 spiro atoms.